The van der Waals surface area contributed by atoms with E-state index in [1.165, 1.54) is 77.5 Å². The Morgan fingerprint density at radius 1 is 1.00 bits per heavy atom. The van der Waals surface area contributed by atoms with Crippen LogP contribution < -0.4 is 5.32 Å². The van der Waals surface area contributed by atoms with Gasteiger partial charge in [-0.05, 0) is 70.0 Å². The Hall–Kier alpha value is -0.0800. The second-order valence-corrected chi connectivity index (χ2v) is 7.18. The van der Waals surface area contributed by atoms with Crippen molar-refractivity contribution in [3.8, 4) is 0 Å². The fourth-order valence-electron chi connectivity index (χ4n) is 2.80. The van der Waals surface area contributed by atoms with Crippen molar-refractivity contribution in [3.05, 3.63) is 0 Å². The first-order valence-electron chi connectivity index (χ1n) is 8.70. The number of unbranched alkanes of at least 4 members (excludes halogenated alkanes) is 3. The van der Waals surface area contributed by atoms with Gasteiger partial charge in [-0.15, -0.1) is 0 Å². The molecule has 0 atom stereocenters. The van der Waals surface area contributed by atoms with Gasteiger partial charge in [0.15, 0.2) is 0 Å². The molecular formula is C17H34N2. The Labute approximate surface area is 120 Å². The third-order valence-electron chi connectivity index (χ3n) is 4.35. The summed E-state index contributed by atoms with van der Waals surface area (Å²) in [5.41, 5.74) is 0. The molecule has 0 heterocycles. The highest BCUT2D eigenvalue weighted by Gasteiger charge is 2.32. The first kappa shape index (κ1) is 15.3. The zero-order valence-corrected chi connectivity index (χ0v) is 13.2. The van der Waals surface area contributed by atoms with Crippen LogP contribution in [0.25, 0.3) is 0 Å². The van der Waals surface area contributed by atoms with Gasteiger partial charge in [-0.3, -0.25) is 0 Å². The van der Waals surface area contributed by atoms with Gasteiger partial charge in [0.2, 0.25) is 0 Å². The highest BCUT2D eigenvalue weighted by atomic mass is 15.2. The van der Waals surface area contributed by atoms with E-state index in [0.717, 1.165) is 17.9 Å². The molecule has 0 spiro atoms. The van der Waals surface area contributed by atoms with Crippen molar-refractivity contribution in [2.75, 3.05) is 26.2 Å². The fourth-order valence-corrected chi connectivity index (χ4v) is 2.80. The average Bonchev–Trinajstić information content (AvgIpc) is 3.24. The molecule has 0 amide bonds. The molecule has 0 aromatic carbocycles. The standard InChI is InChI=1S/C17H34N2/c1-15(2)13-18-11-5-3-4-6-12-19(17-9-10-17)14-16-7-8-16/h15-18H,3-14H2,1-2H3. The maximum Gasteiger partial charge on any atom is 0.00965 e. The molecule has 2 fully saturated rings. The summed E-state index contributed by atoms with van der Waals surface area (Å²) < 4.78 is 0. The monoisotopic (exact) mass is 266 g/mol. The summed E-state index contributed by atoms with van der Waals surface area (Å²) >= 11 is 0. The Bertz CT molecular complexity index is 231. The lowest BCUT2D eigenvalue weighted by Gasteiger charge is -2.21. The van der Waals surface area contributed by atoms with Crippen LogP contribution >= 0.6 is 0 Å². The number of nitrogens with zero attached hydrogens (tertiary/aromatic N) is 1. The van der Waals surface area contributed by atoms with E-state index < -0.39 is 0 Å². The van der Waals surface area contributed by atoms with E-state index >= 15 is 0 Å². The van der Waals surface area contributed by atoms with E-state index in [4.69, 9.17) is 0 Å². The molecule has 2 heteroatoms. The molecule has 0 aromatic heterocycles. The van der Waals surface area contributed by atoms with Gasteiger partial charge >= 0.3 is 0 Å². The number of hydrogen-bond donors (Lipinski definition) is 1. The van der Waals surface area contributed by atoms with Gasteiger partial charge < -0.3 is 10.2 Å². The molecule has 2 nitrogen and oxygen atoms in total. The van der Waals surface area contributed by atoms with Crippen molar-refractivity contribution in [1.82, 2.24) is 10.2 Å². The van der Waals surface area contributed by atoms with Crippen LogP contribution in [0.5, 0.6) is 0 Å². The van der Waals surface area contributed by atoms with Crippen LogP contribution in [0.2, 0.25) is 0 Å². The summed E-state index contributed by atoms with van der Waals surface area (Å²) in [6.45, 7) is 9.74. The highest BCUT2D eigenvalue weighted by molar-refractivity contribution is 4.88. The summed E-state index contributed by atoms with van der Waals surface area (Å²) in [4.78, 5) is 2.80. The smallest absolute Gasteiger partial charge is 0.00965 e. The highest BCUT2D eigenvalue weighted by Crippen LogP contribution is 2.34. The number of rotatable bonds is 12. The van der Waals surface area contributed by atoms with Gasteiger partial charge in [0, 0.05) is 12.6 Å². The summed E-state index contributed by atoms with van der Waals surface area (Å²) in [7, 11) is 0. The first-order valence-corrected chi connectivity index (χ1v) is 8.70. The van der Waals surface area contributed by atoms with Gasteiger partial charge in [-0.1, -0.05) is 26.7 Å². The van der Waals surface area contributed by atoms with E-state index in [1.54, 1.807) is 0 Å². The number of nitrogens with one attached hydrogen (secondary N) is 1. The van der Waals surface area contributed by atoms with E-state index in [1.807, 2.05) is 0 Å². The van der Waals surface area contributed by atoms with Gasteiger partial charge in [0.1, 0.15) is 0 Å². The maximum atomic E-state index is 3.54. The second kappa shape index (κ2) is 8.26. The van der Waals surface area contributed by atoms with E-state index in [2.05, 4.69) is 24.1 Å². The van der Waals surface area contributed by atoms with Gasteiger partial charge in [-0.25, -0.2) is 0 Å². The predicted molar refractivity (Wildman–Crippen MR) is 83.5 cm³/mol. The maximum absolute atomic E-state index is 3.54. The van der Waals surface area contributed by atoms with E-state index in [9.17, 15) is 0 Å². The van der Waals surface area contributed by atoms with Crippen molar-refractivity contribution in [1.29, 1.82) is 0 Å². The Balaban J connectivity index is 1.40. The molecule has 0 aliphatic heterocycles. The zero-order valence-electron chi connectivity index (χ0n) is 13.2. The largest absolute Gasteiger partial charge is 0.316 e. The predicted octanol–water partition coefficient (Wildman–Crippen LogP) is 3.67. The van der Waals surface area contributed by atoms with Gasteiger partial charge in [0.05, 0.1) is 0 Å². The quantitative estimate of drug-likeness (QED) is 0.542. The molecule has 0 aromatic rings. The fraction of sp³-hybridized carbons (Fsp3) is 1.00. The summed E-state index contributed by atoms with van der Waals surface area (Å²) in [5, 5.41) is 3.54. The molecule has 19 heavy (non-hydrogen) atoms. The molecule has 2 saturated carbocycles. The average molecular weight is 266 g/mol. The molecule has 0 radical (unpaired) electrons. The van der Waals surface area contributed by atoms with Crippen LogP contribution in [-0.2, 0) is 0 Å². The van der Waals surface area contributed by atoms with E-state index in [0.29, 0.717) is 0 Å². The number of hydrogen-bond acceptors (Lipinski definition) is 2. The molecule has 2 aliphatic rings. The Morgan fingerprint density at radius 3 is 2.37 bits per heavy atom. The zero-order chi connectivity index (χ0) is 13.5. The second-order valence-electron chi connectivity index (χ2n) is 7.18. The Morgan fingerprint density at radius 2 is 1.74 bits per heavy atom. The lowest BCUT2D eigenvalue weighted by Crippen LogP contribution is -2.29. The summed E-state index contributed by atoms with van der Waals surface area (Å²) in [6, 6.07) is 0.980. The van der Waals surface area contributed by atoms with E-state index in [-0.39, 0.29) is 0 Å². The molecule has 0 unspecified atom stereocenters. The third kappa shape index (κ3) is 7.31. The SMILES string of the molecule is CC(C)CNCCCCCCN(CC1CC1)C1CC1. The first-order chi connectivity index (χ1) is 9.25. The van der Waals surface area contributed by atoms with Crippen molar-refractivity contribution < 1.29 is 0 Å². The topological polar surface area (TPSA) is 15.3 Å². The molecule has 0 saturated heterocycles. The van der Waals surface area contributed by atoms with Crippen LogP contribution in [0, 0.1) is 11.8 Å². The summed E-state index contributed by atoms with van der Waals surface area (Å²) in [5.74, 6) is 1.86. The van der Waals surface area contributed by atoms with Crippen LogP contribution in [-0.4, -0.2) is 37.1 Å². The minimum absolute atomic E-state index is 0.787. The van der Waals surface area contributed by atoms with Crippen LogP contribution in [0.4, 0.5) is 0 Å². The minimum Gasteiger partial charge on any atom is -0.316 e. The van der Waals surface area contributed by atoms with Crippen LogP contribution in [0.3, 0.4) is 0 Å². The van der Waals surface area contributed by atoms with Crippen molar-refractivity contribution in [2.24, 2.45) is 11.8 Å². The molecule has 112 valence electrons. The molecule has 2 rings (SSSR count). The lowest BCUT2D eigenvalue weighted by atomic mass is 10.1. The minimum atomic E-state index is 0.787. The normalized spacial score (nSPS) is 19.6. The molecule has 2 aliphatic carbocycles. The van der Waals surface area contributed by atoms with Crippen LogP contribution in [0.15, 0.2) is 0 Å². The molecule has 1 N–H and O–H groups in total. The lowest BCUT2D eigenvalue weighted by molar-refractivity contribution is 0.246. The van der Waals surface area contributed by atoms with Crippen molar-refractivity contribution in [2.45, 2.75) is 71.3 Å². The van der Waals surface area contributed by atoms with Crippen molar-refractivity contribution >= 4 is 0 Å². The van der Waals surface area contributed by atoms with Crippen molar-refractivity contribution in [3.63, 3.8) is 0 Å². The van der Waals surface area contributed by atoms with Gasteiger partial charge in [0.25, 0.3) is 0 Å². The van der Waals surface area contributed by atoms with Gasteiger partial charge in [-0.2, -0.15) is 0 Å². The summed E-state index contributed by atoms with van der Waals surface area (Å²) in [6.07, 6.45) is 11.6. The molecular weight excluding hydrogens is 232 g/mol. The molecule has 0 bridgehead atoms. The van der Waals surface area contributed by atoms with Crippen LogP contribution in [0.1, 0.15) is 65.2 Å². The Kier molecular flexibility index (Phi) is 6.66. The third-order valence-corrected chi connectivity index (χ3v) is 4.35.